The van der Waals surface area contributed by atoms with E-state index in [0.717, 1.165) is 0 Å². The van der Waals surface area contributed by atoms with E-state index in [-0.39, 0.29) is 0 Å². The molecule has 0 atom stereocenters. The predicted molar refractivity (Wildman–Crippen MR) is 93.3 cm³/mol. The predicted octanol–water partition coefficient (Wildman–Crippen LogP) is 6.36. The molecule has 0 radical (unpaired) electrons. The van der Waals surface area contributed by atoms with Gasteiger partial charge in [-0.2, -0.15) is 0 Å². The van der Waals surface area contributed by atoms with Gasteiger partial charge in [-0.15, -0.1) is 0 Å². The van der Waals surface area contributed by atoms with Crippen molar-refractivity contribution in [3.05, 3.63) is 0 Å². The van der Waals surface area contributed by atoms with E-state index in [1.54, 1.807) is 13.8 Å². The maximum absolute atomic E-state index is 10.4. The fraction of sp³-hybridized carbons (Fsp3) is 1.00. The fourth-order valence-electron chi connectivity index (χ4n) is 1.68. The lowest BCUT2D eigenvalue weighted by atomic mass is 10.1. The van der Waals surface area contributed by atoms with Crippen LogP contribution in [0.4, 0.5) is 0 Å². The van der Waals surface area contributed by atoms with E-state index >= 15 is 0 Å². The number of halogens is 1. The smallest absolute Gasteiger partial charge is 0.311 e. The third-order valence-corrected chi connectivity index (χ3v) is 4.37. The van der Waals surface area contributed by atoms with Crippen molar-refractivity contribution < 1.29 is 13.6 Å². The van der Waals surface area contributed by atoms with Gasteiger partial charge in [-0.05, 0) is 20.3 Å². The molecule has 0 saturated heterocycles. The third-order valence-electron chi connectivity index (χ3n) is 2.76. The Hall–Kier alpha value is 0.630. The van der Waals surface area contributed by atoms with Crippen molar-refractivity contribution in [3.63, 3.8) is 0 Å². The molecule has 0 aliphatic rings. The first-order valence-electron chi connectivity index (χ1n) is 8.08. The van der Waals surface area contributed by atoms with E-state index in [9.17, 15) is 4.57 Å². The highest BCUT2D eigenvalue weighted by molar-refractivity contribution is 9.09. The van der Waals surface area contributed by atoms with Crippen molar-refractivity contribution in [1.82, 2.24) is 0 Å². The van der Waals surface area contributed by atoms with Gasteiger partial charge in [0.25, 0.3) is 0 Å². The quantitative estimate of drug-likeness (QED) is 0.214. The Bertz CT molecular complexity index is 174. The van der Waals surface area contributed by atoms with Crippen LogP contribution in [0.25, 0.3) is 0 Å². The maximum Gasteiger partial charge on any atom is 0.319 e. The summed E-state index contributed by atoms with van der Waals surface area (Å²) in [5.41, 5.74) is 0. The molecule has 0 aromatic carbocycles. The Balaban J connectivity index is 0. The van der Waals surface area contributed by atoms with E-state index in [0.29, 0.717) is 13.2 Å². The van der Waals surface area contributed by atoms with Crippen molar-refractivity contribution in [2.24, 2.45) is 0 Å². The zero-order valence-electron chi connectivity index (χ0n) is 13.6. The second-order valence-corrected chi connectivity index (χ2v) is 6.50. The minimum absolute atomic E-state index is 0.456. The van der Waals surface area contributed by atoms with Crippen LogP contribution in [0.5, 0.6) is 0 Å². The van der Waals surface area contributed by atoms with Crippen molar-refractivity contribution in [2.45, 2.75) is 78.6 Å². The zero-order valence-corrected chi connectivity index (χ0v) is 16.2. The SMILES string of the molecule is CCCCCCCCCCCBr.CCO[PH](=O)OCC. The monoisotopic (exact) mass is 372 g/mol. The molecule has 0 rings (SSSR count). The number of hydrogen-bond acceptors (Lipinski definition) is 3. The van der Waals surface area contributed by atoms with E-state index in [1.807, 2.05) is 0 Å². The summed E-state index contributed by atoms with van der Waals surface area (Å²) in [6.45, 7) is 6.74. The van der Waals surface area contributed by atoms with Crippen LogP contribution in [0, 0.1) is 0 Å². The molecule has 0 aromatic heterocycles. The lowest BCUT2D eigenvalue weighted by Gasteiger charge is -1.99. The van der Waals surface area contributed by atoms with E-state index in [4.69, 9.17) is 0 Å². The lowest BCUT2D eigenvalue weighted by Crippen LogP contribution is -1.81. The number of rotatable bonds is 13. The first-order valence-corrected chi connectivity index (χ1v) is 10.4. The summed E-state index contributed by atoms with van der Waals surface area (Å²) in [6, 6.07) is 0. The summed E-state index contributed by atoms with van der Waals surface area (Å²) in [7, 11) is -2.14. The van der Waals surface area contributed by atoms with Crippen LogP contribution < -0.4 is 0 Å². The van der Waals surface area contributed by atoms with Crippen LogP contribution in [0.2, 0.25) is 0 Å². The van der Waals surface area contributed by atoms with Crippen molar-refractivity contribution >= 4 is 24.2 Å². The normalized spacial score (nSPS) is 10.4. The average molecular weight is 373 g/mol. The topological polar surface area (TPSA) is 35.5 Å². The molecule has 0 fully saturated rings. The van der Waals surface area contributed by atoms with Gasteiger partial charge in [0, 0.05) is 5.33 Å². The third kappa shape index (κ3) is 23.7. The van der Waals surface area contributed by atoms with Gasteiger partial charge in [-0.1, -0.05) is 74.2 Å². The van der Waals surface area contributed by atoms with Crippen LogP contribution in [-0.4, -0.2) is 18.5 Å². The van der Waals surface area contributed by atoms with Gasteiger partial charge in [-0.3, -0.25) is 4.57 Å². The summed E-state index contributed by atoms with van der Waals surface area (Å²) >= 11 is 3.45. The van der Waals surface area contributed by atoms with Gasteiger partial charge >= 0.3 is 8.25 Å². The maximum atomic E-state index is 10.4. The van der Waals surface area contributed by atoms with E-state index in [1.165, 1.54) is 63.1 Å². The minimum atomic E-state index is -2.14. The van der Waals surface area contributed by atoms with Gasteiger partial charge in [-0.25, -0.2) is 0 Å². The standard InChI is InChI=1S/C11H23Br.C4H11O3P/c1-2-3-4-5-6-7-8-9-10-11-12;1-3-6-8(5)7-4-2/h2-11H2,1H3;8H,3-4H2,1-2H3. The van der Waals surface area contributed by atoms with Crippen molar-refractivity contribution in [2.75, 3.05) is 18.5 Å². The van der Waals surface area contributed by atoms with Crippen LogP contribution >= 0.6 is 24.2 Å². The molecule has 20 heavy (non-hydrogen) atoms. The highest BCUT2D eigenvalue weighted by Crippen LogP contribution is 2.21. The molecule has 0 unspecified atom stereocenters. The molecule has 0 aliphatic carbocycles. The number of alkyl halides is 1. The highest BCUT2D eigenvalue weighted by Gasteiger charge is 1.92. The molecule has 0 aromatic rings. The molecule has 5 heteroatoms. The van der Waals surface area contributed by atoms with Gasteiger partial charge < -0.3 is 9.05 Å². The minimum Gasteiger partial charge on any atom is -0.311 e. The highest BCUT2D eigenvalue weighted by atomic mass is 79.9. The first-order chi connectivity index (χ1) is 9.72. The van der Waals surface area contributed by atoms with E-state index < -0.39 is 8.25 Å². The van der Waals surface area contributed by atoms with Crippen LogP contribution in [-0.2, 0) is 13.6 Å². The van der Waals surface area contributed by atoms with Gasteiger partial charge in [0.15, 0.2) is 0 Å². The Morgan fingerprint density at radius 3 is 1.50 bits per heavy atom. The van der Waals surface area contributed by atoms with Crippen molar-refractivity contribution in [3.8, 4) is 0 Å². The molecule has 0 bridgehead atoms. The molecule has 0 saturated carbocycles. The number of unbranched alkanes of at least 4 members (excludes halogenated alkanes) is 8. The van der Waals surface area contributed by atoms with E-state index in [2.05, 4.69) is 31.9 Å². The lowest BCUT2D eigenvalue weighted by molar-refractivity contribution is 0.243. The fourth-order valence-corrected chi connectivity index (χ4v) is 2.63. The summed E-state index contributed by atoms with van der Waals surface area (Å²) < 4.78 is 19.6. The van der Waals surface area contributed by atoms with Gasteiger partial charge in [0.05, 0.1) is 13.2 Å². The van der Waals surface area contributed by atoms with Crippen LogP contribution in [0.1, 0.15) is 78.6 Å². The summed E-state index contributed by atoms with van der Waals surface area (Å²) in [5, 5.41) is 1.18. The summed E-state index contributed by atoms with van der Waals surface area (Å²) in [4.78, 5) is 0. The summed E-state index contributed by atoms with van der Waals surface area (Å²) in [6.07, 6.45) is 12.8. The largest absolute Gasteiger partial charge is 0.319 e. The second-order valence-electron chi connectivity index (χ2n) is 4.63. The van der Waals surface area contributed by atoms with Gasteiger partial charge in [0.2, 0.25) is 0 Å². The Kier molecular flexibility index (Phi) is 25.1. The van der Waals surface area contributed by atoms with Gasteiger partial charge in [0.1, 0.15) is 0 Å². The molecular formula is C15H34BrO3P. The number of hydrogen-bond donors (Lipinski definition) is 0. The molecule has 3 nitrogen and oxygen atoms in total. The Morgan fingerprint density at radius 1 is 0.750 bits per heavy atom. The molecule has 0 N–H and O–H groups in total. The van der Waals surface area contributed by atoms with Crippen LogP contribution in [0.15, 0.2) is 0 Å². The first kappa shape index (κ1) is 22.9. The molecule has 124 valence electrons. The molecule has 0 aliphatic heterocycles. The molecule has 0 amide bonds. The molecular weight excluding hydrogens is 339 g/mol. The van der Waals surface area contributed by atoms with Crippen molar-refractivity contribution in [1.29, 1.82) is 0 Å². The Labute approximate surface area is 135 Å². The second kappa shape index (κ2) is 21.9. The Morgan fingerprint density at radius 2 is 1.15 bits per heavy atom. The average Bonchev–Trinajstić information content (AvgIpc) is 2.43. The molecule has 0 heterocycles. The zero-order chi connectivity index (χ0) is 15.5. The summed E-state index contributed by atoms with van der Waals surface area (Å²) in [5.74, 6) is 0. The van der Waals surface area contributed by atoms with Crippen LogP contribution in [0.3, 0.4) is 0 Å². The molecule has 0 spiro atoms.